The second kappa shape index (κ2) is 9.52. The van der Waals surface area contributed by atoms with Crippen LogP contribution in [0.1, 0.15) is 27.1 Å². The van der Waals surface area contributed by atoms with Gasteiger partial charge in [-0.1, -0.05) is 29.5 Å². The number of carbonyl (C=O) groups is 1. The molecular formula is C20H17F3N4O5S. The lowest BCUT2D eigenvalue weighted by Crippen LogP contribution is -2.12. The molecule has 1 aromatic heterocycles. The highest BCUT2D eigenvalue weighted by molar-refractivity contribution is 7.18. The average molecular weight is 482 g/mol. The summed E-state index contributed by atoms with van der Waals surface area (Å²) in [6.07, 6.45) is -5.52. The number of rotatable bonds is 8. The number of ether oxygens (including phenoxy) is 2. The number of nitro benzene ring substituents is 1. The molecule has 0 spiro atoms. The molecule has 0 aliphatic rings. The molecule has 0 aliphatic carbocycles. The van der Waals surface area contributed by atoms with E-state index in [2.05, 4.69) is 10.3 Å². The number of nitrogens with one attached hydrogen (secondary N) is 1. The van der Waals surface area contributed by atoms with Crippen LogP contribution >= 0.6 is 11.3 Å². The van der Waals surface area contributed by atoms with E-state index in [1.54, 1.807) is 0 Å². The Morgan fingerprint density at radius 3 is 2.45 bits per heavy atom. The molecule has 3 N–H and O–H groups in total. The van der Waals surface area contributed by atoms with Crippen LogP contribution in [0.2, 0.25) is 0 Å². The fraction of sp³-hybridized carbons (Fsp3) is 0.200. The van der Waals surface area contributed by atoms with Gasteiger partial charge in [0, 0.05) is 31.4 Å². The predicted octanol–water partition coefficient (Wildman–Crippen LogP) is 4.87. The number of nitrogens with zero attached hydrogens (tertiary/aromatic N) is 2. The van der Waals surface area contributed by atoms with Crippen LogP contribution in [0.3, 0.4) is 0 Å². The quantitative estimate of drug-likeness (QED) is 0.266. The maximum atomic E-state index is 13.5. The third-order valence-corrected chi connectivity index (χ3v) is 5.48. The number of aromatic nitrogens is 1. The zero-order valence-electron chi connectivity index (χ0n) is 17.2. The molecule has 0 bridgehead atoms. The second-order valence-corrected chi connectivity index (χ2v) is 7.57. The second-order valence-electron chi connectivity index (χ2n) is 6.57. The third-order valence-electron chi connectivity index (χ3n) is 4.50. The van der Waals surface area contributed by atoms with Gasteiger partial charge in [0.25, 0.3) is 11.6 Å². The molecule has 0 radical (unpaired) electrons. The standard InChI is InChI=1S/C20H17F3N4O5S/c1-31-18(32-2)10-7-8-14(27(29)30)13(9-10)25-19-26-15(16(33-19)17(24)28)11-5-3-4-6-12(11)20(21,22)23/h3-9,18H,1-2H3,(H2,24,28)(H,25,26). The van der Waals surface area contributed by atoms with Gasteiger partial charge >= 0.3 is 6.18 Å². The summed E-state index contributed by atoms with van der Waals surface area (Å²) in [6, 6.07) is 8.62. The van der Waals surface area contributed by atoms with E-state index >= 15 is 0 Å². The van der Waals surface area contributed by atoms with Crippen molar-refractivity contribution in [2.75, 3.05) is 19.5 Å². The van der Waals surface area contributed by atoms with Crippen LogP contribution in [0.4, 0.5) is 29.7 Å². The normalized spacial score (nSPS) is 11.6. The molecule has 13 heteroatoms. The molecule has 0 saturated carbocycles. The van der Waals surface area contributed by atoms with Crippen molar-refractivity contribution in [3.63, 3.8) is 0 Å². The summed E-state index contributed by atoms with van der Waals surface area (Å²) >= 11 is 0.674. The lowest BCUT2D eigenvalue weighted by Gasteiger charge is -2.15. The molecule has 0 atom stereocenters. The SMILES string of the molecule is COC(OC)c1ccc([N+](=O)[O-])c(Nc2nc(-c3ccccc3C(F)(F)F)c(C(N)=O)s2)c1. The monoisotopic (exact) mass is 482 g/mol. The van der Waals surface area contributed by atoms with Crippen molar-refractivity contribution in [3.05, 3.63) is 68.6 Å². The number of anilines is 2. The fourth-order valence-corrected chi connectivity index (χ4v) is 3.95. The summed E-state index contributed by atoms with van der Waals surface area (Å²) in [4.78, 5) is 26.7. The number of carbonyl (C=O) groups excluding carboxylic acids is 1. The number of hydrogen-bond donors (Lipinski definition) is 2. The summed E-state index contributed by atoms with van der Waals surface area (Å²) in [5, 5.41) is 14.1. The van der Waals surface area contributed by atoms with Crippen molar-refractivity contribution in [2.45, 2.75) is 12.5 Å². The minimum atomic E-state index is -4.70. The van der Waals surface area contributed by atoms with Crippen LogP contribution in [-0.2, 0) is 15.7 Å². The first kappa shape index (κ1) is 24.1. The van der Waals surface area contributed by atoms with Crippen LogP contribution in [-0.4, -0.2) is 30.0 Å². The lowest BCUT2D eigenvalue weighted by atomic mass is 10.0. The number of halogens is 3. The predicted molar refractivity (Wildman–Crippen MR) is 114 cm³/mol. The van der Waals surface area contributed by atoms with Gasteiger partial charge in [0.2, 0.25) is 0 Å². The van der Waals surface area contributed by atoms with E-state index < -0.39 is 28.9 Å². The molecule has 9 nitrogen and oxygen atoms in total. The van der Waals surface area contributed by atoms with Gasteiger partial charge in [0.05, 0.1) is 16.2 Å². The highest BCUT2D eigenvalue weighted by Crippen LogP contribution is 2.41. The minimum Gasteiger partial charge on any atom is -0.365 e. The van der Waals surface area contributed by atoms with E-state index in [0.717, 1.165) is 6.07 Å². The average Bonchev–Trinajstić information content (AvgIpc) is 3.18. The van der Waals surface area contributed by atoms with Gasteiger partial charge in [0.15, 0.2) is 11.4 Å². The number of methoxy groups -OCH3 is 2. The first-order valence-electron chi connectivity index (χ1n) is 9.15. The molecule has 3 rings (SSSR count). The van der Waals surface area contributed by atoms with Crippen LogP contribution in [0.25, 0.3) is 11.3 Å². The van der Waals surface area contributed by atoms with E-state index in [9.17, 15) is 28.1 Å². The van der Waals surface area contributed by atoms with E-state index in [-0.39, 0.29) is 32.6 Å². The van der Waals surface area contributed by atoms with Crippen molar-refractivity contribution in [2.24, 2.45) is 5.73 Å². The fourth-order valence-electron chi connectivity index (χ4n) is 3.10. The van der Waals surface area contributed by atoms with Gasteiger partial charge in [-0.2, -0.15) is 13.2 Å². The van der Waals surface area contributed by atoms with Crippen LogP contribution < -0.4 is 11.1 Å². The van der Waals surface area contributed by atoms with Gasteiger partial charge in [-0.05, 0) is 18.2 Å². The summed E-state index contributed by atoms with van der Waals surface area (Å²) in [7, 11) is 2.76. The number of amides is 1. The maximum absolute atomic E-state index is 13.5. The molecule has 0 saturated heterocycles. The number of thiazole rings is 1. The zero-order chi connectivity index (χ0) is 24.3. The Morgan fingerprint density at radius 1 is 1.21 bits per heavy atom. The zero-order valence-corrected chi connectivity index (χ0v) is 18.0. The molecule has 3 aromatic rings. The largest absolute Gasteiger partial charge is 0.417 e. The topological polar surface area (TPSA) is 130 Å². The lowest BCUT2D eigenvalue weighted by molar-refractivity contribution is -0.383. The van der Waals surface area contributed by atoms with E-state index in [1.165, 1.54) is 50.6 Å². The van der Waals surface area contributed by atoms with Crippen molar-refractivity contribution in [3.8, 4) is 11.3 Å². The van der Waals surface area contributed by atoms with Crippen molar-refractivity contribution in [1.29, 1.82) is 0 Å². The van der Waals surface area contributed by atoms with E-state index in [4.69, 9.17) is 15.2 Å². The first-order chi connectivity index (χ1) is 15.6. The van der Waals surface area contributed by atoms with E-state index in [0.29, 0.717) is 16.9 Å². The molecule has 1 heterocycles. The molecule has 2 aromatic carbocycles. The molecule has 1 amide bonds. The molecule has 0 fully saturated rings. The Morgan fingerprint density at radius 2 is 1.88 bits per heavy atom. The highest BCUT2D eigenvalue weighted by Gasteiger charge is 2.35. The van der Waals surface area contributed by atoms with Crippen molar-refractivity contribution < 1.29 is 32.4 Å². The van der Waals surface area contributed by atoms with Gasteiger partial charge < -0.3 is 20.5 Å². The maximum Gasteiger partial charge on any atom is 0.417 e. The highest BCUT2D eigenvalue weighted by atomic mass is 32.1. The van der Waals surface area contributed by atoms with Gasteiger partial charge in [0.1, 0.15) is 10.6 Å². The Bertz CT molecular complexity index is 1190. The Labute approximate surface area is 189 Å². The third kappa shape index (κ3) is 5.10. The summed E-state index contributed by atoms with van der Waals surface area (Å²) in [6.45, 7) is 0. The summed E-state index contributed by atoms with van der Waals surface area (Å²) in [5.41, 5.74) is 3.82. The van der Waals surface area contributed by atoms with E-state index in [1.807, 2.05) is 0 Å². The van der Waals surface area contributed by atoms with Crippen LogP contribution in [0, 0.1) is 10.1 Å². The van der Waals surface area contributed by atoms with Crippen molar-refractivity contribution in [1.82, 2.24) is 4.98 Å². The number of nitrogens with two attached hydrogens (primary N) is 1. The molecular weight excluding hydrogens is 465 g/mol. The Kier molecular flexibility index (Phi) is 6.95. The van der Waals surface area contributed by atoms with Gasteiger partial charge in [-0.3, -0.25) is 14.9 Å². The number of hydrogen-bond acceptors (Lipinski definition) is 8. The smallest absolute Gasteiger partial charge is 0.365 e. The Hall–Kier alpha value is -3.55. The number of nitro groups is 1. The summed E-state index contributed by atoms with van der Waals surface area (Å²) in [5.74, 6) is -0.991. The molecule has 33 heavy (non-hydrogen) atoms. The van der Waals surface area contributed by atoms with Gasteiger partial charge in [-0.15, -0.1) is 0 Å². The first-order valence-corrected chi connectivity index (χ1v) is 9.96. The van der Waals surface area contributed by atoms with Crippen molar-refractivity contribution >= 4 is 33.8 Å². The number of benzene rings is 2. The number of alkyl halides is 3. The molecule has 174 valence electrons. The Balaban J connectivity index is 2.12. The molecule has 0 unspecified atom stereocenters. The van der Waals surface area contributed by atoms with Crippen LogP contribution in [0.15, 0.2) is 42.5 Å². The van der Waals surface area contributed by atoms with Gasteiger partial charge in [-0.25, -0.2) is 4.98 Å². The van der Waals surface area contributed by atoms with Crippen LogP contribution in [0.5, 0.6) is 0 Å². The molecule has 0 aliphatic heterocycles. The number of primary amides is 1. The minimum absolute atomic E-state index is 0.0305. The summed E-state index contributed by atoms with van der Waals surface area (Å²) < 4.78 is 50.8.